The Hall–Kier alpha value is -5.32. The molecule has 0 unspecified atom stereocenters. The molecule has 5 aromatic carbocycles. The normalized spacial score (nSPS) is 13.8. The van der Waals surface area contributed by atoms with Crippen molar-refractivity contribution in [2.45, 2.75) is 4.90 Å². The van der Waals surface area contributed by atoms with Gasteiger partial charge in [0, 0.05) is 5.39 Å². The van der Waals surface area contributed by atoms with Crippen molar-refractivity contribution < 1.29 is 26.9 Å². The first-order valence-corrected chi connectivity index (χ1v) is 15.2. The number of hydrogen-bond acceptors (Lipinski definition) is 7. The van der Waals surface area contributed by atoms with Gasteiger partial charge in [0.15, 0.2) is 16.6 Å². The maximum atomic E-state index is 13.8. The maximum absolute atomic E-state index is 13.8. The molecule has 1 fully saturated rings. The van der Waals surface area contributed by atoms with Crippen LogP contribution in [-0.2, 0) is 19.7 Å². The van der Waals surface area contributed by atoms with Crippen molar-refractivity contribution >= 4 is 67.5 Å². The summed E-state index contributed by atoms with van der Waals surface area (Å²) >= 11 is 5.65. The Bertz CT molecular complexity index is 1990. The minimum Gasteiger partial charge on any atom is -0.493 e. The molecule has 1 heterocycles. The van der Waals surface area contributed by atoms with Gasteiger partial charge >= 0.3 is 10.1 Å². The highest BCUT2D eigenvalue weighted by Crippen LogP contribution is 2.35. The van der Waals surface area contributed by atoms with Gasteiger partial charge < -0.3 is 8.92 Å². The Labute approximate surface area is 259 Å². The summed E-state index contributed by atoms with van der Waals surface area (Å²) in [6.07, 6.45) is 1.42. The van der Waals surface area contributed by atoms with Gasteiger partial charge in [-0.15, -0.1) is 0 Å². The van der Waals surface area contributed by atoms with Gasteiger partial charge in [-0.2, -0.15) is 8.42 Å². The summed E-state index contributed by atoms with van der Waals surface area (Å²) in [5.41, 5.74) is 1.26. The Morgan fingerprint density at radius 1 is 0.682 bits per heavy atom. The fourth-order valence-corrected chi connectivity index (χ4v) is 6.47. The molecule has 44 heavy (non-hydrogen) atoms. The second-order valence-electron chi connectivity index (χ2n) is 9.72. The van der Waals surface area contributed by atoms with Crippen LogP contribution in [0.2, 0.25) is 0 Å². The van der Waals surface area contributed by atoms with Crippen molar-refractivity contribution in [3.05, 3.63) is 132 Å². The number of carbonyl (C=O) groups is 2. The summed E-state index contributed by atoms with van der Waals surface area (Å²) in [5.74, 6) is -1.16. The number of amides is 2. The first-order valence-electron chi connectivity index (χ1n) is 13.4. The molecule has 0 saturated carbocycles. The third kappa shape index (κ3) is 5.32. The van der Waals surface area contributed by atoms with E-state index in [2.05, 4.69) is 0 Å². The average Bonchev–Trinajstić information content (AvgIpc) is 3.04. The zero-order valence-electron chi connectivity index (χ0n) is 23.3. The number of rotatable bonds is 7. The second kappa shape index (κ2) is 11.8. The zero-order chi connectivity index (χ0) is 30.8. The molecule has 0 radical (unpaired) electrons. The fraction of sp³-hybridized carbons (Fsp3) is 0.0294. The number of thiocarbonyl (C=S) groups is 1. The van der Waals surface area contributed by atoms with E-state index in [1.54, 1.807) is 66.7 Å². The van der Waals surface area contributed by atoms with Crippen LogP contribution in [0.15, 0.2) is 132 Å². The number of methoxy groups -OCH3 is 1. The van der Waals surface area contributed by atoms with Gasteiger partial charge in [0.05, 0.1) is 18.5 Å². The summed E-state index contributed by atoms with van der Waals surface area (Å²) in [6.45, 7) is 0. The molecular formula is C34H24N2O6S2. The van der Waals surface area contributed by atoms with Crippen LogP contribution in [-0.4, -0.2) is 32.5 Å². The minimum atomic E-state index is -4.24. The van der Waals surface area contributed by atoms with E-state index in [1.807, 2.05) is 30.3 Å². The third-order valence-electron chi connectivity index (χ3n) is 7.00. The minimum absolute atomic E-state index is 0.0141. The SMILES string of the molecule is COc1cc(C=C2C(=O)N(c3ccccc3)C(=S)N(c3ccccc3)C2=O)ccc1OS(=O)(=O)c1cccc2ccccc12. The van der Waals surface area contributed by atoms with Crippen molar-refractivity contribution in [3.8, 4) is 11.5 Å². The van der Waals surface area contributed by atoms with Crippen LogP contribution in [0.3, 0.4) is 0 Å². The molecule has 1 aliphatic rings. The van der Waals surface area contributed by atoms with Gasteiger partial charge in [-0.1, -0.05) is 78.9 Å². The highest BCUT2D eigenvalue weighted by molar-refractivity contribution is 7.87. The lowest BCUT2D eigenvalue weighted by Gasteiger charge is -2.36. The van der Waals surface area contributed by atoms with Crippen LogP contribution >= 0.6 is 12.2 Å². The van der Waals surface area contributed by atoms with E-state index >= 15 is 0 Å². The molecular weight excluding hydrogens is 597 g/mol. The molecule has 0 aromatic heterocycles. The number of benzene rings is 5. The topological polar surface area (TPSA) is 93.2 Å². The van der Waals surface area contributed by atoms with Crippen molar-refractivity contribution in [1.29, 1.82) is 0 Å². The third-order valence-corrected chi connectivity index (χ3v) is 8.65. The quantitative estimate of drug-likeness (QED) is 0.0904. The molecule has 218 valence electrons. The summed E-state index contributed by atoms with van der Waals surface area (Å²) in [7, 11) is -2.88. The maximum Gasteiger partial charge on any atom is 0.339 e. The number of ether oxygens (including phenoxy) is 1. The molecule has 0 atom stereocenters. The zero-order valence-corrected chi connectivity index (χ0v) is 24.9. The average molecular weight is 621 g/mol. The van der Waals surface area contributed by atoms with Crippen LogP contribution < -0.4 is 18.7 Å². The lowest BCUT2D eigenvalue weighted by Crippen LogP contribution is -2.56. The lowest BCUT2D eigenvalue weighted by atomic mass is 10.0. The largest absolute Gasteiger partial charge is 0.493 e. The summed E-state index contributed by atoms with van der Waals surface area (Å²) in [6, 6.07) is 34.1. The van der Waals surface area contributed by atoms with E-state index in [-0.39, 0.29) is 27.1 Å². The van der Waals surface area contributed by atoms with Crippen molar-refractivity contribution in [2.24, 2.45) is 0 Å². The molecule has 8 nitrogen and oxygen atoms in total. The predicted molar refractivity (Wildman–Crippen MR) is 173 cm³/mol. The van der Waals surface area contributed by atoms with Crippen LogP contribution in [0.25, 0.3) is 16.8 Å². The fourth-order valence-electron chi connectivity index (χ4n) is 4.93. The smallest absolute Gasteiger partial charge is 0.339 e. The number of fused-ring (bicyclic) bond motifs is 1. The van der Waals surface area contributed by atoms with Gasteiger partial charge in [-0.3, -0.25) is 19.4 Å². The van der Waals surface area contributed by atoms with E-state index in [0.717, 1.165) is 5.39 Å². The van der Waals surface area contributed by atoms with E-state index in [9.17, 15) is 18.0 Å². The Kier molecular flexibility index (Phi) is 7.69. The van der Waals surface area contributed by atoms with E-state index in [0.29, 0.717) is 22.3 Å². The molecule has 0 aliphatic carbocycles. The first-order chi connectivity index (χ1) is 21.3. The van der Waals surface area contributed by atoms with Crippen molar-refractivity contribution in [3.63, 3.8) is 0 Å². The molecule has 0 bridgehead atoms. The predicted octanol–water partition coefficient (Wildman–Crippen LogP) is 6.36. The number of nitrogens with zero attached hydrogens (tertiary/aromatic N) is 2. The monoisotopic (exact) mass is 620 g/mol. The van der Waals surface area contributed by atoms with Crippen LogP contribution in [0.1, 0.15) is 5.56 Å². The van der Waals surface area contributed by atoms with E-state index in [4.69, 9.17) is 21.1 Å². The number of anilines is 2. The lowest BCUT2D eigenvalue weighted by molar-refractivity contribution is -0.120. The van der Waals surface area contributed by atoms with Gasteiger partial charge in [-0.05, 0) is 71.7 Å². The Morgan fingerprint density at radius 3 is 1.86 bits per heavy atom. The standard InChI is InChI=1S/C34H24N2O6S2/c1-41-30-22-23(19-20-29(30)42-44(39,40)31-18-10-12-24-11-8-9-17-27(24)31)21-28-32(37)35(25-13-4-2-5-14-25)34(43)36(33(28)38)26-15-6-3-7-16-26/h2-22H,1H3. The molecule has 2 amide bonds. The van der Waals surface area contributed by atoms with Crippen LogP contribution in [0.4, 0.5) is 11.4 Å². The first kappa shape index (κ1) is 28.8. The highest BCUT2D eigenvalue weighted by Gasteiger charge is 2.41. The van der Waals surface area contributed by atoms with Gasteiger partial charge in [0.1, 0.15) is 10.5 Å². The molecule has 6 rings (SSSR count). The summed E-state index contributed by atoms with van der Waals surface area (Å²) in [4.78, 5) is 30.2. The van der Waals surface area contributed by atoms with E-state index < -0.39 is 21.9 Å². The van der Waals surface area contributed by atoms with Gasteiger partial charge in [0.2, 0.25) is 0 Å². The Morgan fingerprint density at radius 2 is 1.25 bits per heavy atom. The highest BCUT2D eigenvalue weighted by atomic mass is 32.2. The molecule has 10 heteroatoms. The second-order valence-corrected chi connectivity index (χ2v) is 11.6. The van der Waals surface area contributed by atoms with Gasteiger partial charge in [-0.25, -0.2) is 0 Å². The van der Waals surface area contributed by atoms with E-state index in [1.165, 1.54) is 47.3 Å². The molecule has 0 N–H and O–H groups in total. The van der Waals surface area contributed by atoms with Gasteiger partial charge in [0.25, 0.3) is 11.8 Å². The number of para-hydroxylation sites is 2. The summed E-state index contributed by atoms with van der Waals surface area (Å²) in [5, 5.41) is 1.30. The molecule has 1 aliphatic heterocycles. The molecule has 5 aromatic rings. The summed E-state index contributed by atoms with van der Waals surface area (Å²) < 4.78 is 37.7. The number of carbonyl (C=O) groups excluding carboxylic acids is 2. The van der Waals surface area contributed by atoms with Crippen LogP contribution in [0, 0.1) is 0 Å². The van der Waals surface area contributed by atoms with Crippen LogP contribution in [0.5, 0.6) is 11.5 Å². The Balaban J connectivity index is 1.38. The number of hydrogen-bond donors (Lipinski definition) is 0. The molecule has 1 saturated heterocycles. The van der Waals surface area contributed by atoms with Crippen molar-refractivity contribution in [1.82, 2.24) is 0 Å². The van der Waals surface area contributed by atoms with Crippen molar-refractivity contribution in [2.75, 3.05) is 16.9 Å². The molecule has 0 spiro atoms.